The summed E-state index contributed by atoms with van der Waals surface area (Å²) in [6.07, 6.45) is 1.48. The standard InChI is InChI=1S/C19H15NO3S/c1-12(14-7-6-13-4-2-3-5-15(13)9-14)8-18(21)20-17-11-24-10-16(17)19(22)23/h2-11H,1H3,(H,20,21)(H,22,23). The highest BCUT2D eigenvalue weighted by atomic mass is 32.1. The number of allylic oxidation sites excluding steroid dienone is 1. The van der Waals surface area contributed by atoms with Crippen molar-refractivity contribution in [1.29, 1.82) is 0 Å². The third-order valence-electron chi connectivity index (χ3n) is 3.70. The van der Waals surface area contributed by atoms with Crippen molar-refractivity contribution in [2.45, 2.75) is 6.92 Å². The molecule has 2 aromatic carbocycles. The molecule has 1 aromatic heterocycles. The van der Waals surface area contributed by atoms with Gasteiger partial charge in [0.1, 0.15) is 0 Å². The molecule has 24 heavy (non-hydrogen) atoms. The number of carbonyl (C=O) groups is 2. The van der Waals surface area contributed by atoms with E-state index in [0.717, 1.165) is 21.9 Å². The summed E-state index contributed by atoms with van der Waals surface area (Å²) in [5.41, 5.74) is 2.18. The first-order valence-electron chi connectivity index (χ1n) is 7.32. The molecule has 1 heterocycles. The topological polar surface area (TPSA) is 66.4 Å². The van der Waals surface area contributed by atoms with E-state index in [1.165, 1.54) is 22.8 Å². The number of rotatable bonds is 4. The van der Waals surface area contributed by atoms with Gasteiger partial charge in [0.05, 0.1) is 11.3 Å². The average Bonchev–Trinajstić information content (AvgIpc) is 3.02. The van der Waals surface area contributed by atoms with Crippen LogP contribution in [0.1, 0.15) is 22.8 Å². The Bertz CT molecular complexity index is 956. The van der Waals surface area contributed by atoms with Gasteiger partial charge < -0.3 is 10.4 Å². The third-order valence-corrected chi connectivity index (χ3v) is 4.45. The number of carbonyl (C=O) groups excluding carboxylic acids is 1. The lowest BCUT2D eigenvalue weighted by atomic mass is 10.0. The SMILES string of the molecule is CC(=CC(=O)Nc1cscc1C(=O)O)c1ccc2ccccc2c1. The Balaban J connectivity index is 1.82. The Labute approximate surface area is 143 Å². The highest BCUT2D eigenvalue weighted by molar-refractivity contribution is 7.08. The molecule has 0 unspecified atom stereocenters. The van der Waals surface area contributed by atoms with Crippen LogP contribution in [0.3, 0.4) is 0 Å². The zero-order valence-corrected chi connectivity index (χ0v) is 13.8. The van der Waals surface area contributed by atoms with Crippen LogP contribution in [-0.4, -0.2) is 17.0 Å². The molecule has 0 spiro atoms. The second-order valence-corrected chi connectivity index (χ2v) is 6.13. The minimum Gasteiger partial charge on any atom is -0.478 e. The van der Waals surface area contributed by atoms with E-state index in [-0.39, 0.29) is 11.5 Å². The molecule has 0 fully saturated rings. The van der Waals surface area contributed by atoms with Crippen molar-refractivity contribution in [1.82, 2.24) is 0 Å². The molecule has 0 radical (unpaired) electrons. The fourth-order valence-electron chi connectivity index (χ4n) is 2.44. The summed E-state index contributed by atoms with van der Waals surface area (Å²) in [4.78, 5) is 23.2. The van der Waals surface area contributed by atoms with E-state index < -0.39 is 5.97 Å². The van der Waals surface area contributed by atoms with E-state index in [1.807, 2.05) is 49.4 Å². The monoisotopic (exact) mass is 337 g/mol. The summed E-state index contributed by atoms with van der Waals surface area (Å²) in [5, 5.41) is 17.0. The molecular formula is C19H15NO3S. The van der Waals surface area contributed by atoms with Crippen molar-refractivity contribution < 1.29 is 14.7 Å². The van der Waals surface area contributed by atoms with Crippen LogP contribution in [0.25, 0.3) is 16.3 Å². The number of nitrogens with one attached hydrogen (secondary N) is 1. The highest BCUT2D eigenvalue weighted by Crippen LogP contribution is 2.23. The number of thiophene rings is 1. The van der Waals surface area contributed by atoms with Crippen LogP contribution < -0.4 is 5.32 Å². The van der Waals surface area contributed by atoms with Gasteiger partial charge in [0.2, 0.25) is 5.91 Å². The van der Waals surface area contributed by atoms with Gasteiger partial charge in [-0.25, -0.2) is 4.79 Å². The lowest BCUT2D eigenvalue weighted by Gasteiger charge is -2.05. The van der Waals surface area contributed by atoms with Gasteiger partial charge in [-0.15, -0.1) is 11.3 Å². The number of anilines is 1. The number of hydrogen-bond donors (Lipinski definition) is 2. The Hall–Kier alpha value is -2.92. The number of hydrogen-bond acceptors (Lipinski definition) is 3. The molecule has 1 amide bonds. The van der Waals surface area contributed by atoms with Crippen LogP contribution in [0.4, 0.5) is 5.69 Å². The summed E-state index contributed by atoms with van der Waals surface area (Å²) in [6.45, 7) is 1.86. The molecule has 5 heteroatoms. The second kappa shape index (κ2) is 6.68. The van der Waals surface area contributed by atoms with Crippen molar-refractivity contribution in [3.05, 3.63) is 70.4 Å². The van der Waals surface area contributed by atoms with Gasteiger partial charge in [-0.3, -0.25) is 4.79 Å². The first kappa shape index (κ1) is 16.0. The first-order chi connectivity index (χ1) is 11.5. The van der Waals surface area contributed by atoms with E-state index in [2.05, 4.69) is 5.32 Å². The van der Waals surface area contributed by atoms with Gasteiger partial charge in [-0.1, -0.05) is 36.4 Å². The van der Waals surface area contributed by atoms with Crippen molar-refractivity contribution in [2.24, 2.45) is 0 Å². The summed E-state index contributed by atoms with van der Waals surface area (Å²) in [7, 11) is 0. The largest absolute Gasteiger partial charge is 0.478 e. The Morgan fingerprint density at radius 3 is 2.58 bits per heavy atom. The van der Waals surface area contributed by atoms with Crippen molar-refractivity contribution >= 4 is 45.2 Å². The molecule has 3 rings (SSSR count). The fourth-order valence-corrected chi connectivity index (χ4v) is 3.20. The number of benzene rings is 2. The molecular weight excluding hydrogens is 322 g/mol. The summed E-state index contributed by atoms with van der Waals surface area (Å²) in [6, 6.07) is 14.0. The van der Waals surface area contributed by atoms with Gasteiger partial charge in [0, 0.05) is 16.8 Å². The van der Waals surface area contributed by atoms with E-state index in [4.69, 9.17) is 5.11 Å². The number of carboxylic acids is 1. The second-order valence-electron chi connectivity index (χ2n) is 5.38. The molecule has 4 nitrogen and oxygen atoms in total. The molecule has 0 saturated heterocycles. The molecule has 0 saturated carbocycles. The van der Waals surface area contributed by atoms with Gasteiger partial charge in [-0.05, 0) is 34.9 Å². The average molecular weight is 337 g/mol. The molecule has 120 valence electrons. The maximum Gasteiger partial charge on any atom is 0.338 e. The van der Waals surface area contributed by atoms with E-state index in [0.29, 0.717) is 5.69 Å². The van der Waals surface area contributed by atoms with Gasteiger partial charge in [0.25, 0.3) is 0 Å². The molecule has 0 aliphatic carbocycles. The molecule has 0 aliphatic rings. The number of fused-ring (bicyclic) bond motifs is 1. The van der Waals surface area contributed by atoms with Gasteiger partial charge in [0.15, 0.2) is 0 Å². The first-order valence-corrected chi connectivity index (χ1v) is 8.27. The predicted molar refractivity (Wildman–Crippen MR) is 97.5 cm³/mol. The zero-order chi connectivity index (χ0) is 17.1. The number of aromatic carboxylic acids is 1. The Kier molecular flexibility index (Phi) is 4.44. The number of amides is 1. The van der Waals surface area contributed by atoms with Crippen molar-refractivity contribution in [3.63, 3.8) is 0 Å². The predicted octanol–water partition coefficient (Wildman–Crippen LogP) is 4.64. The molecule has 2 N–H and O–H groups in total. The summed E-state index contributed by atoms with van der Waals surface area (Å²) >= 11 is 1.24. The lowest BCUT2D eigenvalue weighted by Crippen LogP contribution is -2.11. The minimum atomic E-state index is -1.05. The summed E-state index contributed by atoms with van der Waals surface area (Å²) in [5.74, 6) is -1.40. The van der Waals surface area contributed by atoms with Crippen LogP contribution in [0.5, 0.6) is 0 Å². The van der Waals surface area contributed by atoms with Gasteiger partial charge >= 0.3 is 5.97 Å². The maximum absolute atomic E-state index is 12.2. The fraction of sp³-hybridized carbons (Fsp3) is 0.0526. The van der Waals surface area contributed by atoms with Crippen LogP contribution in [0.15, 0.2) is 59.3 Å². The Morgan fingerprint density at radius 1 is 1.08 bits per heavy atom. The van der Waals surface area contributed by atoms with Crippen molar-refractivity contribution in [2.75, 3.05) is 5.32 Å². The minimum absolute atomic E-state index is 0.102. The van der Waals surface area contributed by atoms with Crippen LogP contribution in [0.2, 0.25) is 0 Å². The smallest absolute Gasteiger partial charge is 0.338 e. The van der Waals surface area contributed by atoms with E-state index >= 15 is 0 Å². The third kappa shape index (κ3) is 3.36. The van der Waals surface area contributed by atoms with Crippen LogP contribution in [-0.2, 0) is 4.79 Å². The highest BCUT2D eigenvalue weighted by Gasteiger charge is 2.12. The normalized spacial score (nSPS) is 11.5. The number of carboxylic acid groups (broad SMARTS) is 1. The molecule has 0 atom stereocenters. The van der Waals surface area contributed by atoms with E-state index in [1.54, 1.807) is 5.38 Å². The molecule has 0 aliphatic heterocycles. The molecule has 3 aromatic rings. The van der Waals surface area contributed by atoms with E-state index in [9.17, 15) is 9.59 Å². The summed E-state index contributed by atoms with van der Waals surface area (Å²) < 4.78 is 0. The van der Waals surface area contributed by atoms with Crippen LogP contribution in [0, 0.1) is 0 Å². The lowest BCUT2D eigenvalue weighted by molar-refractivity contribution is -0.111. The zero-order valence-electron chi connectivity index (χ0n) is 12.9. The maximum atomic E-state index is 12.2. The Morgan fingerprint density at radius 2 is 1.83 bits per heavy atom. The quantitative estimate of drug-likeness (QED) is 0.682. The molecule has 0 bridgehead atoms. The van der Waals surface area contributed by atoms with Crippen LogP contribution >= 0.6 is 11.3 Å². The van der Waals surface area contributed by atoms with Gasteiger partial charge in [-0.2, -0.15) is 0 Å². The van der Waals surface area contributed by atoms with Crippen molar-refractivity contribution in [3.8, 4) is 0 Å².